The van der Waals surface area contributed by atoms with E-state index < -0.39 is 16.7 Å². The molecule has 1 aliphatic rings. The number of aliphatic carboxylic acids is 1. The van der Waals surface area contributed by atoms with Crippen molar-refractivity contribution in [3.63, 3.8) is 0 Å². The van der Waals surface area contributed by atoms with E-state index in [1.165, 1.54) is 5.56 Å². The van der Waals surface area contributed by atoms with Crippen LogP contribution in [0.1, 0.15) is 53.5 Å². The highest BCUT2D eigenvalue weighted by Gasteiger charge is 2.39. The van der Waals surface area contributed by atoms with Crippen molar-refractivity contribution in [3.05, 3.63) is 95.0 Å². The average Bonchev–Trinajstić information content (AvgIpc) is 3.53. The number of ether oxygens (including phenoxy) is 2. The van der Waals surface area contributed by atoms with E-state index in [4.69, 9.17) is 14.6 Å². The first-order valence-electron chi connectivity index (χ1n) is 13.8. The second kappa shape index (κ2) is 13.2. The number of rotatable bonds is 13. The number of hydroxylamine groups is 2. The number of anilines is 1. The number of aromatic nitrogens is 4. The molecule has 1 amide bonds. The van der Waals surface area contributed by atoms with E-state index in [1.54, 1.807) is 42.5 Å². The van der Waals surface area contributed by atoms with Crippen LogP contribution >= 0.6 is 0 Å². The molecule has 0 fully saturated rings. The van der Waals surface area contributed by atoms with Crippen molar-refractivity contribution in [2.24, 2.45) is 0 Å². The number of carbonyl (C=O) groups excluding carboxylic acids is 1. The number of tetrazole rings is 1. The van der Waals surface area contributed by atoms with Crippen LogP contribution in [0.2, 0.25) is 0 Å². The van der Waals surface area contributed by atoms with Gasteiger partial charge in [0.1, 0.15) is 12.3 Å². The summed E-state index contributed by atoms with van der Waals surface area (Å²) in [5.41, 5.74) is 2.31. The van der Waals surface area contributed by atoms with Gasteiger partial charge in [0.05, 0.1) is 25.3 Å². The summed E-state index contributed by atoms with van der Waals surface area (Å²) in [4.78, 5) is 24.2. The van der Waals surface area contributed by atoms with Crippen LogP contribution < -0.4 is 19.4 Å². The number of hydrogen-bond acceptors (Lipinski definition) is 8. The molecule has 0 saturated carbocycles. The minimum absolute atomic E-state index is 0.00580. The maximum atomic E-state index is 14.0. The number of H-pyrrole nitrogens is 1. The lowest BCUT2D eigenvalue weighted by Crippen LogP contribution is -2.51. The van der Waals surface area contributed by atoms with E-state index in [1.807, 2.05) is 18.2 Å². The molecule has 42 heavy (non-hydrogen) atoms. The Morgan fingerprint density at radius 2 is 1.86 bits per heavy atom. The van der Waals surface area contributed by atoms with Crippen LogP contribution in [0.25, 0.3) is 0 Å². The number of amides is 1. The van der Waals surface area contributed by atoms with Gasteiger partial charge >= 0.3 is 5.97 Å². The lowest BCUT2D eigenvalue weighted by Gasteiger charge is -2.47. The Morgan fingerprint density at radius 3 is 2.60 bits per heavy atom. The van der Waals surface area contributed by atoms with Crippen molar-refractivity contribution in [1.82, 2.24) is 25.3 Å². The first kappa shape index (κ1) is 28.7. The second-order valence-corrected chi connectivity index (χ2v) is 10.1. The SMILES string of the molecule is O=C(O)CCC[N+]1([O-])CC(c2nnn[nH]2)Oc2c(NC(=O)c3ccc(OCCCCc4ccccc4)cc3)cccc21. The number of fused-ring (bicyclic) bond motifs is 1. The Labute approximate surface area is 242 Å². The van der Waals surface area contributed by atoms with Crippen LogP contribution in [0.5, 0.6) is 11.5 Å². The van der Waals surface area contributed by atoms with Gasteiger partial charge in [-0.25, -0.2) is 5.10 Å². The van der Waals surface area contributed by atoms with Crippen LogP contribution in [0.3, 0.4) is 0 Å². The summed E-state index contributed by atoms with van der Waals surface area (Å²) in [6.07, 6.45) is 2.13. The van der Waals surface area contributed by atoms with Crippen molar-refractivity contribution < 1.29 is 24.2 Å². The summed E-state index contributed by atoms with van der Waals surface area (Å²) in [7, 11) is 0. The van der Waals surface area contributed by atoms with Crippen molar-refractivity contribution in [2.45, 2.75) is 38.2 Å². The Hall–Kier alpha value is -4.81. The summed E-state index contributed by atoms with van der Waals surface area (Å²) in [5, 5.41) is 39.6. The molecule has 218 valence electrons. The van der Waals surface area contributed by atoms with Crippen molar-refractivity contribution in [2.75, 3.05) is 25.0 Å². The fourth-order valence-corrected chi connectivity index (χ4v) is 4.92. The molecule has 0 radical (unpaired) electrons. The van der Waals surface area contributed by atoms with Crippen LogP contribution in [0.4, 0.5) is 11.4 Å². The predicted molar refractivity (Wildman–Crippen MR) is 155 cm³/mol. The maximum Gasteiger partial charge on any atom is 0.303 e. The van der Waals surface area contributed by atoms with Gasteiger partial charge in [-0.1, -0.05) is 36.4 Å². The van der Waals surface area contributed by atoms with Crippen LogP contribution in [-0.4, -0.2) is 57.3 Å². The smallest absolute Gasteiger partial charge is 0.303 e. The molecule has 0 bridgehead atoms. The summed E-state index contributed by atoms with van der Waals surface area (Å²) < 4.78 is 11.1. The lowest BCUT2D eigenvalue weighted by molar-refractivity contribution is -0.137. The van der Waals surface area contributed by atoms with Crippen molar-refractivity contribution in [3.8, 4) is 11.5 Å². The monoisotopic (exact) mass is 572 g/mol. The number of benzene rings is 3. The molecule has 4 aromatic rings. The molecule has 1 aliphatic heterocycles. The summed E-state index contributed by atoms with van der Waals surface area (Å²) in [6.45, 7) is 0.524. The van der Waals surface area contributed by atoms with Gasteiger partial charge < -0.3 is 29.8 Å². The van der Waals surface area contributed by atoms with Gasteiger partial charge in [-0.2, -0.15) is 0 Å². The molecule has 0 saturated heterocycles. The number of carboxylic acids is 1. The Kier molecular flexibility index (Phi) is 9.05. The molecule has 2 atom stereocenters. The number of hydrogen-bond donors (Lipinski definition) is 3. The molecular formula is C30H32N6O6. The van der Waals surface area contributed by atoms with Gasteiger partial charge in [-0.05, 0) is 65.6 Å². The molecule has 5 rings (SSSR count). The predicted octanol–water partition coefficient (Wildman–Crippen LogP) is 4.66. The summed E-state index contributed by atoms with van der Waals surface area (Å²) in [5.74, 6) is -0.246. The number of nitrogens with zero attached hydrogens (tertiary/aromatic N) is 4. The zero-order chi connectivity index (χ0) is 29.4. The number of para-hydroxylation sites is 1. The van der Waals surface area contributed by atoms with Crippen molar-refractivity contribution >= 4 is 23.3 Å². The summed E-state index contributed by atoms with van der Waals surface area (Å²) >= 11 is 0. The highest BCUT2D eigenvalue weighted by atomic mass is 16.6. The van der Waals surface area contributed by atoms with E-state index in [0.29, 0.717) is 23.6 Å². The highest BCUT2D eigenvalue weighted by molar-refractivity contribution is 6.05. The molecule has 3 aromatic carbocycles. The normalized spacial score (nSPS) is 17.6. The van der Waals surface area contributed by atoms with E-state index in [-0.39, 0.29) is 49.1 Å². The third-order valence-corrected chi connectivity index (χ3v) is 7.07. The molecule has 12 heteroatoms. The van der Waals surface area contributed by atoms with Gasteiger partial charge in [-0.3, -0.25) is 9.59 Å². The molecule has 12 nitrogen and oxygen atoms in total. The standard InChI is InChI=1S/C30H32N6O6/c37-27(38)13-7-18-36(40)20-26(29-32-34-35-33-29)42-28-24(11-6-12-25(28)36)31-30(39)22-14-16-23(17-15-22)41-19-5-4-10-21-8-2-1-3-9-21/h1-3,6,8-9,11-12,14-17,26H,4-5,7,10,13,18-20H2,(H,31,39)(H,37,38)(H,32,33,34,35). The first-order valence-corrected chi connectivity index (χ1v) is 13.8. The molecule has 2 heterocycles. The Bertz CT molecular complexity index is 1480. The Balaban J connectivity index is 1.24. The van der Waals surface area contributed by atoms with Crippen molar-refractivity contribution in [1.29, 1.82) is 0 Å². The number of carbonyl (C=O) groups is 2. The molecule has 2 unspecified atom stereocenters. The lowest BCUT2D eigenvalue weighted by atomic mass is 10.1. The number of aryl methyl sites for hydroxylation is 1. The van der Waals surface area contributed by atoms with E-state index in [2.05, 4.69) is 38.1 Å². The van der Waals surface area contributed by atoms with E-state index >= 15 is 0 Å². The minimum atomic E-state index is -0.980. The number of unbranched alkanes of at least 4 members (excludes halogenated alkanes) is 1. The number of carboxylic acid groups (broad SMARTS) is 1. The number of nitrogens with one attached hydrogen (secondary N) is 2. The minimum Gasteiger partial charge on any atom is -0.627 e. The molecule has 1 aromatic heterocycles. The van der Waals surface area contributed by atoms with Gasteiger partial charge in [0.2, 0.25) is 11.9 Å². The molecule has 3 N–H and O–H groups in total. The van der Waals surface area contributed by atoms with Crippen LogP contribution in [0.15, 0.2) is 72.8 Å². The maximum absolute atomic E-state index is 14.0. The summed E-state index contributed by atoms with van der Waals surface area (Å²) in [6, 6.07) is 22.1. The highest BCUT2D eigenvalue weighted by Crippen LogP contribution is 2.46. The first-order chi connectivity index (χ1) is 20.4. The molecule has 0 aliphatic carbocycles. The van der Waals surface area contributed by atoms with E-state index in [9.17, 15) is 14.8 Å². The fourth-order valence-electron chi connectivity index (χ4n) is 4.92. The van der Waals surface area contributed by atoms with Crippen LogP contribution in [-0.2, 0) is 11.2 Å². The number of aromatic amines is 1. The van der Waals surface area contributed by atoms with Gasteiger partial charge in [0, 0.05) is 18.1 Å². The van der Waals surface area contributed by atoms with Gasteiger partial charge in [0.15, 0.2) is 11.5 Å². The number of quaternary nitrogens is 1. The fraction of sp³-hybridized carbons (Fsp3) is 0.300. The third kappa shape index (κ3) is 7.09. The quantitative estimate of drug-likeness (QED) is 0.117. The second-order valence-electron chi connectivity index (χ2n) is 10.1. The van der Waals surface area contributed by atoms with Gasteiger partial charge in [-0.15, -0.1) is 5.10 Å². The van der Waals surface area contributed by atoms with E-state index in [0.717, 1.165) is 19.3 Å². The topological polar surface area (TPSA) is 162 Å². The van der Waals surface area contributed by atoms with Gasteiger partial charge in [0.25, 0.3) is 5.91 Å². The molecule has 0 spiro atoms. The van der Waals surface area contributed by atoms with Crippen LogP contribution in [0, 0.1) is 5.21 Å². The molecular weight excluding hydrogens is 540 g/mol. The zero-order valence-electron chi connectivity index (χ0n) is 22.9. The average molecular weight is 573 g/mol. The Morgan fingerprint density at radius 1 is 1.05 bits per heavy atom. The third-order valence-electron chi connectivity index (χ3n) is 7.07. The largest absolute Gasteiger partial charge is 0.627 e. The zero-order valence-corrected chi connectivity index (χ0v) is 22.9.